The fourth-order valence-electron chi connectivity index (χ4n) is 1.73. The molecule has 2 aromatic carbocycles. The van der Waals surface area contributed by atoms with Crippen molar-refractivity contribution in [1.82, 2.24) is 0 Å². The first-order valence-electron chi connectivity index (χ1n) is 5.23. The Bertz CT molecular complexity index is 570. The molecule has 0 heterocycles. The molecule has 2 rings (SSSR count). The second-order valence-corrected chi connectivity index (χ2v) is 3.93. The Kier molecular flexibility index (Phi) is 3.11. The lowest BCUT2D eigenvalue weighted by atomic mass is 9.98. The molecule has 0 aromatic heterocycles. The lowest BCUT2D eigenvalue weighted by Gasteiger charge is -2.13. The van der Waals surface area contributed by atoms with Crippen molar-refractivity contribution >= 4 is 0 Å². The zero-order chi connectivity index (χ0) is 13.3. The van der Waals surface area contributed by atoms with Crippen molar-refractivity contribution < 1.29 is 17.6 Å². The van der Waals surface area contributed by atoms with E-state index in [-0.39, 0.29) is 5.56 Å². The third-order valence-corrected chi connectivity index (χ3v) is 2.64. The predicted molar refractivity (Wildman–Crippen MR) is 60.4 cm³/mol. The highest BCUT2D eigenvalue weighted by Gasteiger charge is 2.33. The second-order valence-electron chi connectivity index (χ2n) is 3.93. The molecule has 0 unspecified atom stereocenters. The molecule has 0 amide bonds. The first-order chi connectivity index (χ1) is 8.39. The van der Waals surface area contributed by atoms with E-state index in [4.69, 9.17) is 0 Å². The van der Waals surface area contributed by atoms with Crippen molar-refractivity contribution in [2.45, 2.75) is 13.1 Å². The van der Waals surface area contributed by atoms with Gasteiger partial charge >= 0.3 is 6.18 Å². The van der Waals surface area contributed by atoms with Crippen LogP contribution in [0.4, 0.5) is 17.6 Å². The maximum atomic E-state index is 13.1. The van der Waals surface area contributed by atoms with E-state index >= 15 is 0 Å². The Morgan fingerprint density at radius 1 is 1.11 bits per heavy atom. The van der Waals surface area contributed by atoms with Crippen LogP contribution >= 0.6 is 0 Å². The molecule has 0 saturated heterocycles. The maximum absolute atomic E-state index is 13.1. The number of rotatable bonds is 1. The first kappa shape index (κ1) is 12.6. The molecule has 0 aliphatic carbocycles. The molecule has 4 heteroatoms. The van der Waals surface area contributed by atoms with Gasteiger partial charge in [-0.25, -0.2) is 4.39 Å². The van der Waals surface area contributed by atoms with E-state index in [1.165, 1.54) is 37.3 Å². The number of aryl methyl sites for hydroxylation is 1. The molecule has 0 aliphatic rings. The van der Waals surface area contributed by atoms with Gasteiger partial charge in [0.25, 0.3) is 0 Å². The molecule has 93 valence electrons. The van der Waals surface area contributed by atoms with Crippen molar-refractivity contribution in [2.24, 2.45) is 0 Å². The Hall–Kier alpha value is -1.84. The van der Waals surface area contributed by atoms with Gasteiger partial charge in [0.1, 0.15) is 5.82 Å². The van der Waals surface area contributed by atoms with Crippen LogP contribution in [-0.2, 0) is 6.18 Å². The van der Waals surface area contributed by atoms with Crippen LogP contribution in [0.1, 0.15) is 11.1 Å². The van der Waals surface area contributed by atoms with Gasteiger partial charge in [0.15, 0.2) is 0 Å². The molecular formula is C14H9F4. The van der Waals surface area contributed by atoms with Gasteiger partial charge in [-0.05, 0) is 47.9 Å². The van der Waals surface area contributed by atoms with E-state index in [0.29, 0.717) is 11.1 Å². The van der Waals surface area contributed by atoms with E-state index in [2.05, 4.69) is 6.07 Å². The van der Waals surface area contributed by atoms with Crippen LogP contribution in [0.3, 0.4) is 0 Å². The van der Waals surface area contributed by atoms with Crippen LogP contribution in [0.2, 0.25) is 0 Å². The van der Waals surface area contributed by atoms with Gasteiger partial charge in [-0.2, -0.15) is 13.2 Å². The molecule has 0 saturated carbocycles. The van der Waals surface area contributed by atoms with Crippen LogP contribution in [0.25, 0.3) is 11.1 Å². The van der Waals surface area contributed by atoms with Gasteiger partial charge in [-0.3, -0.25) is 0 Å². The Labute approximate surface area is 102 Å². The summed E-state index contributed by atoms with van der Waals surface area (Å²) in [5.74, 6) is -0.435. The minimum absolute atomic E-state index is 0.0318. The predicted octanol–water partition coefficient (Wildman–Crippen LogP) is 4.62. The number of benzene rings is 2. The average Bonchev–Trinajstić information content (AvgIpc) is 2.32. The molecule has 0 atom stereocenters. The summed E-state index contributed by atoms with van der Waals surface area (Å²) in [5, 5.41) is 0. The molecular weight excluding hydrogens is 244 g/mol. The molecule has 2 aromatic rings. The van der Waals surface area contributed by atoms with Crippen molar-refractivity contribution in [3.63, 3.8) is 0 Å². The Morgan fingerprint density at radius 3 is 2.44 bits per heavy atom. The molecule has 0 spiro atoms. The monoisotopic (exact) mass is 253 g/mol. The van der Waals surface area contributed by atoms with Gasteiger partial charge in [-0.15, -0.1) is 0 Å². The smallest absolute Gasteiger partial charge is 0.207 e. The summed E-state index contributed by atoms with van der Waals surface area (Å²) in [7, 11) is 0. The minimum Gasteiger partial charge on any atom is -0.207 e. The molecule has 0 bridgehead atoms. The molecule has 0 aliphatic heterocycles. The third-order valence-electron chi connectivity index (χ3n) is 2.64. The fraction of sp³-hybridized carbons (Fsp3) is 0.143. The highest BCUT2D eigenvalue weighted by atomic mass is 19.4. The van der Waals surface area contributed by atoms with Crippen LogP contribution in [0.15, 0.2) is 36.4 Å². The normalized spacial score (nSPS) is 11.6. The highest BCUT2D eigenvalue weighted by Crippen LogP contribution is 2.37. The second kappa shape index (κ2) is 4.44. The number of hydrogen-bond acceptors (Lipinski definition) is 0. The summed E-state index contributed by atoms with van der Waals surface area (Å²) < 4.78 is 51.6. The number of alkyl halides is 3. The van der Waals surface area contributed by atoms with Gasteiger partial charge in [0.2, 0.25) is 0 Å². The quantitative estimate of drug-likeness (QED) is 0.650. The first-order valence-corrected chi connectivity index (χ1v) is 5.23. The topological polar surface area (TPSA) is 0 Å². The van der Waals surface area contributed by atoms with E-state index in [1.54, 1.807) is 0 Å². The third kappa shape index (κ3) is 2.37. The zero-order valence-corrected chi connectivity index (χ0v) is 9.48. The van der Waals surface area contributed by atoms with Gasteiger partial charge in [-0.1, -0.05) is 18.2 Å². The lowest BCUT2D eigenvalue weighted by molar-refractivity contribution is -0.137. The van der Waals surface area contributed by atoms with Crippen molar-refractivity contribution in [3.05, 3.63) is 59.4 Å². The molecule has 0 fully saturated rings. The van der Waals surface area contributed by atoms with Gasteiger partial charge < -0.3 is 0 Å². The van der Waals surface area contributed by atoms with Gasteiger partial charge in [0, 0.05) is 0 Å². The fourth-order valence-corrected chi connectivity index (χ4v) is 1.73. The Morgan fingerprint density at radius 2 is 1.83 bits per heavy atom. The highest BCUT2D eigenvalue weighted by molar-refractivity contribution is 5.68. The Balaban J connectivity index is 2.61. The largest absolute Gasteiger partial charge is 0.417 e. The van der Waals surface area contributed by atoms with Crippen LogP contribution in [0.5, 0.6) is 0 Å². The van der Waals surface area contributed by atoms with Crippen LogP contribution in [-0.4, -0.2) is 0 Å². The lowest BCUT2D eigenvalue weighted by Crippen LogP contribution is -2.07. The van der Waals surface area contributed by atoms with Crippen LogP contribution in [0, 0.1) is 18.8 Å². The van der Waals surface area contributed by atoms with E-state index in [0.717, 1.165) is 6.07 Å². The van der Waals surface area contributed by atoms with E-state index < -0.39 is 17.6 Å². The summed E-state index contributed by atoms with van der Waals surface area (Å²) >= 11 is 0. The minimum atomic E-state index is -4.45. The summed E-state index contributed by atoms with van der Waals surface area (Å²) in [6, 6.07) is 9.95. The van der Waals surface area contributed by atoms with Gasteiger partial charge in [0.05, 0.1) is 5.56 Å². The maximum Gasteiger partial charge on any atom is 0.417 e. The average molecular weight is 253 g/mol. The summed E-state index contributed by atoms with van der Waals surface area (Å²) in [6.07, 6.45) is -4.45. The molecule has 18 heavy (non-hydrogen) atoms. The molecule has 0 N–H and O–H groups in total. The van der Waals surface area contributed by atoms with Crippen molar-refractivity contribution in [2.75, 3.05) is 0 Å². The number of hydrogen-bond donors (Lipinski definition) is 0. The standard InChI is InChI=1S/C14H9F4/c1-9-8-10(6-7-13(9)15)11-4-2-3-5-12(11)14(16,17)18/h2,4-8H,1H3. The summed E-state index contributed by atoms with van der Waals surface area (Å²) in [6.45, 7) is 1.52. The van der Waals surface area contributed by atoms with E-state index in [1.807, 2.05) is 0 Å². The van der Waals surface area contributed by atoms with Crippen molar-refractivity contribution in [1.29, 1.82) is 0 Å². The SMILES string of the molecule is Cc1cc(-c2cc[c]cc2C(F)(F)F)ccc1F. The summed E-state index contributed by atoms with van der Waals surface area (Å²) in [5.41, 5.74) is -0.0796. The van der Waals surface area contributed by atoms with E-state index in [9.17, 15) is 17.6 Å². The molecule has 1 radical (unpaired) electrons. The number of halogens is 4. The molecule has 0 nitrogen and oxygen atoms in total. The van der Waals surface area contributed by atoms with Crippen LogP contribution < -0.4 is 0 Å². The summed E-state index contributed by atoms with van der Waals surface area (Å²) in [4.78, 5) is 0. The zero-order valence-electron chi connectivity index (χ0n) is 9.48. The van der Waals surface area contributed by atoms with Crippen molar-refractivity contribution in [3.8, 4) is 11.1 Å².